The smallest absolute Gasteiger partial charge is 0.0673 e. The van der Waals surface area contributed by atoms with Crippen molar-refractivity contribution in [2.75, 3.05) is 6.61 Å². The van der Waals surface area contributed by atoms with Crippen LogP contribution in [-0.2, 0) is 4.74 Å². The predicted octanol–water partition coefficient (Wildman–Crippen LogP) is 5.76. The first-order valence-electron chi connectivity index (χ1n) is 9.24. The maximum absolute atomic E-state index is 5.96. The molecule has 0 bridgehead atoms. The molecule has 2 saturated carbocycles. The zero-order valence-electron chi connectivity index (χ0n) is 13.9. The molecule has 0 heterocycles. The number of rotatable bonds is 7. The molecule has 1 heteroatoms. The molecule has 120 valence electrons. The fourth-order valence-corrected chi connectivity index (χ4v) is 3.73. The van der Waals surface area contributed by atoms with Gasteiger partial charge in [-0.15, -0.1) is 6.92 Å². The van der Waals surface area contributed by atoms with Crippen LogP contribution in [0.3, 0.4) is 0 Å². The molecule has 0 aliphatic heterocycles. The minimum absolute atomic E-state index is 0.546. The summed E-state index contributed by atoms with van der Waals surface area (Å²) in [5, 5.41) is 0. The van der Waals surface area contributed by atoms with Gasteiger partial charge in [0.15, 0.2) is 0 Å². The second-order valence-corrected chi connectivity index (χ2v) is 7.06. The van der Waals surface area contributed by atoms with Crippen molar-refractivity contribution < 1.29 is 4.74 Å². The molecular weight excluding hydrogens is 256 g/mol. The third kappa shape index (κ3) is 6.06. The topological polar surface area (TPSA) is 9.23 Å². The Labute approximate surface area is 132 Å². The maximum atomic E-state index is 5.96. The van der Waals surface area contributed by atoms with Crippen LogP contribution in [0.25, 0.3) is 0 Å². The van der Waals surface area contributed by atoms with Gasteiger partial charge in [-0.05, 0) is 69.6 Å². The van der Waals surface area contributed by atoms with Crippen molar-refractivity contribution >= 4 is 0 Å². The van der Waals surface area contributed by atoms with Crippen molar-refractivity contribution in [2.24, 2.45) is 17.8 Å². The largest absolute Gasteiger partial charge is 0.378 e. The van der Waals surface area contributed by atoms with Crippen molar-refractivity contribution in [2.45, 2.75) is 77.2 Å². The number of ether oxygens (including phenoxy) is 1. The van der Waals surface area contributed by atoms with E-state index < -0.39 is 0 Å². The standard InChI is InChI=1S/C20H34O/c1-3-5-16-21-20-14-12-19(13-15-20)11-10-18-8-6-17(4-2)7-9-18/h4,10-11,17-20H,2-3,5-9,12-16H2,1H3. The van der Waals surface area contributed by atoms with E-state index in [1.54, 1.807) is 0 Å². The van der Waals surface area contributed by atoms with E-state index in [1.807, 2.05) is 0 Å². The third-order valence-corrected chi connectivity index (χ3v) is 5.38. The van der Waals surface area contributed by atoms with Gasteiger partial charge in [-0.25, -0.2) is 0 Å². The third-order valence-electron chi connectivity index (χ3n) is 5.38. The van der Waals surface area contributed by atoms with E-state index in [9.17, 15) is 0 Å². The average Bonchev–Trinajstić information content (AvgIpc) is 2.55. The van der Waals surface area contributed by atoms with E-state index in [1.165, 1.54) is 64.2 Å². The van der Waals surface area contributed by atoms with Crippen molar-refractivity contribution in [3.8, 4) is 0 Å². The Morgan fingerprint density at radius 1 is 0.952 bits per heavy atom. The van der Waals surface area contributed by atoms with Gasteiger partial charge in [0.25, 0.3) is 0 Å². The number of hydrogen-bond acceptors (Lipinski definition) is 1. The molecule has 0 amide bonds. The minimum atomic E-state index is 0.546. The molecule has 2 rings (SSSR count). The summed E-state index contributed by atoms with van der Waals surface area (Å²) in [4.78, 5) is 0. The Bertz CT molecular complexity index is 280. The van der Waals surface area contributed by atoms with Gasteiger partial charge in [-0.1, -0.05) is 31.9 Å². The Morgan fingerprint density at radius 2 is 1.52 bits per heavy atom. The SMILES string of the molecule is [CH2-][CH+]C1CCC(C=CC2CCC(OCCCC)CC2)CC1. The first-order chi connectivity index (χ1) is 10.3. The molecule has 0 saturated heterocycles. The van der Waals surface area contributed by atoms with Gasteiger partial charge in [-0.2, -0.15) is 0 Å². The lowest BCUT2D eigenvalue weighted by Gasteiger charge is -2.28. The molecule has 2 aliphatic carbocycles. The Balaban J connectivity index is 1.61. The fourth-order valence-electron chi connectivity index (χ4n) is 3.73. The lowest BCUT2D eigenvalue weighted by Crippen LogP contribution is -2.21. The fraction of sp³-hybridized carbons (Fsp3) is 0.800. The Hall–Kier alpha value is -0.430. The van der Waals surface area contributed by atoms with E-state index in [-0.39, 0.29) is 0 Å². The molecule has 0 spiro atoms. The molecule has 0 radical (unpaired) electrons. The summed E-state index contributed by atoms with van der Waals surface area (Å²) < 4.78 is 5.96. The zero-order valence-corrected chi connectivity index (χ0v) is 13.9. The van der Waals surface area contributed by atoms with Crippen LogP contribution in [0.5, 0.6) is 0 Å². The van der Waals surface area contributed by atoms with Gasteiger partial charge in [0.2, 0.25) is 0 Å². The molecule has 0 aromatic heterocycles. The van der Waals surface area contributed by atoms with E-state index in [4.69, 9.17) is 4.74 Å². The van der Waals surface area contributed by atoms with Crippen molar-refractivity contribution in [3.05, 3.63) is 25.5 Å². The lowest BCUT2D eigenvalue weighted by molar-refractivity contribution is 0.0208. The van der Waals surface area contributed by atoms with E-state index in [0.717, 1.165) is 24.4 Å². The van der Waals surface area contributed by atoms with Crippen molar-refractivity contribution in [1.82, 2.24) is 0 Å². The lowest BCUT2D eigenvalue weighted by atomic mass is 9.79. The highest BCUT2D eigenvalue weighted by atomic mass is 16.5. The van der Waals surface area contributed by atoms with Gasteiger partial charge in [0.05, 0.1) is 12.0 Å². The Morgan fingerprint density at radius 3 is 2.05 bits per heavy atom. The Kier molecular flexibility index (Phi) is 7.71. The molecular formula is C20H34O. The van der Waals surface area contributed by atoms with Crippen molar-refractivity contribution in [3.63, 3.8) is 0 Å². The van der Waals surface area contributed by atoms with E-state index >= 15 is 0 Å². The minimum Gasteiger partial charge on any atom is -0.378 e. The molecule has 21 heavy (non-hydrogen) atoms. The summed E-state index contributed by atoms with van der Waals surface area (Å²) in [5.41, 5.74) is 0. The monoisotopic (exact) mass is 290 g/mol. The van der Waals surface area contributed by atoms with Crippen LogP contribution in [0.4, 0.5) is 0 Å². The maximum Gasteiger partial charge on any atom is 0.0673 e. The highest BCUT2D eigenvalue weighted by Crippen LogP contribution is 2.32. The van der Waals surface area contributed by atoms with Crippen LogP contribution in [0.2, 0.25) is 0 Å². The summed E-state index contributed by atoms with van der Waals surface area (Å²) in [6.07, 6.45) is 20.8. The van der Waals surface area contributed by atoms with Crippen LogP contribution in [0.15, 0.2) is 12.2 Å². The first-order valence-corrected chi connectivity index (χ1v) is 9.24. The summed E-state index contributed by atoms with van der Waals surface area (Å²) in [6, 6.07) is 0. The number of unbranched alkanes of at least 4 members (excludes halogenated alkanes) is 1. The van der Waals surface area contributed by atoms with Crippen LogP contribution < -0.4 is 0 Å². The van der Waals surface area contributed by atoms with E-state index in [2.05, 4.69) is 32.4 Å². The van der Waals surface area contributed by atoms with E-state index in [0.29, 0.717) is 6.10 Å². The highest BCUT2D eigenvalue weighted by molar-refractivity contribution is 4.97. The quantitative estimate of drug-likeness (QED) is 0.329. The molecule has 0 atom stereocenters. The second-order valence-electron chi connectivity index (χ2n) is 7.06. The van der Waals surface area contributed by atoms with Crippen molar-refractivity contribution in [1.29, 1.82) is 0 Å². The van der Waals surface area contributed by atoms with Crippen LogP contribution in [0, 0.1) is 31.1 Å². The molecule has 0 aromatic carbocycles. The molecule has 0 N–H and O–H groups in total. The zero-order chi connectivity index (χ0) is 14.9. The summed E-state index contributed by atoms with van der Waals surface area (Å²) in [7, 11) is 0. The second kappa shape index (κ2) is 9.56. The van der Waals surface area contributed by atoms with Gasteiger partial charge in [-0.3, -0.25) is 0 Å². The summed E-state index contributed by atoms with van der Waals surface area (Å²) >= 11 is 0. The molecule has 2 fully saturated rings. The molecule has 2 aliphatic rings. The first kappa shape index (κ1) is 16.9. The average molecular weight is 290 g/mol. The van der Waals surface area contributed by atoms with Crippen LogP contribution in [-0.4, -0.2) is 12.7 Å². The molecule has 0 unspecified atom stereocenters. The highest BCUT2D eigenvalue weighted by Gasteiger charge is 2.22. The summed E-state index contributed by atoms with van der Waals surface area (Å²) in [5.74, 6) is 2.43. The van der Waals surface area contributed by atoms with Gasteiger partial charge in [0.1, 0.15) is 0 Å². The molecule has 0 aromatic rings. The predicted molar refractivity (Wildman–Crippen MR) is 90.9 cm³/mol. The van der Waals surface area contributed by atoms with Gasteiger partial charge < -0.3 is 4.74 Å². The van der Waals surface area contributed by atoms with Gasteiger partial charge >= 0.3 is 0 Å². The molecule has 1 nitrogen and oxygen atoms in total. The van der Waals surface area contributed by atoms with Crippen LogP contribution >= 0.6 is 0 Å². The normalized spacial score (nSPS) is 34.2. The van der Waals surface area contributed by atoms with Gasteiger partial charge in [0, 0.05) is 6.61 Å². The number of allylic oxidation sites excluding steroid dienone is 2. The summed E-state index contributed by atoms with van der Waals surface area (Å²) in [6.45, 7) is 7.13. The van der Waals surface area contributed by atoms with Crippen LogP contribution in [0.1, 0.15) is 71.1 Å². The number of hydrogen-bond donors (Lipinski definition) is 0.